The second-order valence-electron chi connectivity index (χ2n) is 6.58. The third-order valence-corrected chi connectivity index (χ3v) is 7.98. The number of hydrogen-bond acceptors (Lipinski definition) is 4. The summed E-state index contributed by atoms with van der Waals surface area (Å²) in [5.74, 6) is 1.42. The van der Waals surface area contributed by atoms with Crippen molar-refractivity contribution in [2.24, 2.45) is 4.99 Å². The summed E-state index contributed by atoms with van der Waals surface area (Å²) in [6.07, 6.45) is 4.06. The van der Waals surface area contributed by atoms with Crippen molar-refractivity contribution in [2.75, 3.05) is 19.8 Å². The molecule has 3 atom stereocenters. The van der Waals surface area contributed by atoms with Gasteiger partial charge in [0.15, 0.2) is 5.96 Å². The van der Waals surface area contributed by atoms with E-state index in [1.54, 1.807) is 31.3 Å². The number of aliphatic imine (C=N–C) groups is 1. The summed E-state index contributed by atoms with van der Waals surface area (Å²) < 4.78 is 37.9. The molecule has 1 aliphatic rings. The molecule has 7 nitrogen and oxygen atoms in total. The van der Waals surface area contributed by atoms with E-state index >= 15 is 0 Å². The van der Waals surface area contributed by atoms with Crippen LogP contribution < -0.4 is 15.4 Å². The molecule has 0 heterocycles. The minimum absolute atomic E-state index is 0. The Morgan fingerprint density at radius 2 is 1.93 bits per heavy atom. The van der Waals surface area contributed by atoms with Crippen LogP contribution in [0, 0.1) is 0 Å². The number of sulfonamides is 1. The fourth-order valence-corrected chi connectivity index (χ4v) is 5.31. The minimum atomic E-state index is -3.42. The van der Waals surface area contributed by atoms with E-state index in [1.165, 1.54) is 7.05 Å². The van der Waals surface area contributed by atoms with E-state index in [-0.39, 0.29) is 40.2 Å². The summed E-state index contributed by atoms with van der Waals surface area (Å²) in [6.45, 7) is 2.51. The lowest BCUT2D eigenvalue weighted by Crippen LogP contribution is -2.46. The van der Waals surface area contributed by atoms with Gasteiger partial charge in [0.05, 0.1) is 4.90 Å². The van der Waals surface area contributed by atoms with Crippen LogP contribution in [0.2, 0.25) is 0 Å². The van der Waals surface area contributed by atoms with Gasteiger partial charge in [0, 0.05) is 41.4 Å². The van der Waals surface area contributed by atoms with Crippen LogP contribution in [0.4, 0.5) is 0 Å². The summed E-state index contributed by atoms with van der Waals surface area (Å²) >= 11 is 0. The van der Waals surface area contributed by atoms with Gasteiger partial charge in [0.25, 0.3) is 0 Å². The summed E-state index contributed by atoms with van der Waals surface area (Å²) in [7, 11) is -1.05. The molecule has 0 aliphatic heterocycles. The zero-order valence-corrected chi connectivity index (χ0v) is 20.6. The van der Waals surface area contributed by atoms with Crippen molar-refractivity contribution in [3.05, 3.63) is 29.8 Å². The Morgan fingerprint density at radius 1 is 1.25 bits per heavy atom. The van der Waals surface area contributed by atoms with Crippen LogP contribution in [-0.4, -0.2) is 49.7 Å². The zero-order valence-electron chi connectivity index (χ0n) is 16.6. The number of hydrogen-bond donors (Lipinski definition) is 3. The molecule has 1 fully saturated rings. The molecule has 1 aromatic rings. The maximum atomic E-state index is 12.1. The van der Waals surface area contributed by atoms with Crippen LogP contribution in [0.1, 0.15) is 38.2 Å². The van der Waals surface area contributed by atoms with Gasteiger partial charge in [-0.2, -0.15) is 0 Å². The van der Waals surface area contributed by atoms with Crippen molar-refractivity contribution in [2.45, 2.75) is 55.3 Å². The van der Waals surface area contributed by atoms with Crippen LogP contribution in [0.25, 0.3) is 0 Å². The fourth-order valence-electron chi connectivity index (χ4n) is 3.23. The molecule has 0 bridgehead atoms. The summed E-state index contributed by atoms with van der Waals surface area (Å²) in [5.41, 5.74) is 0.960. The Balaban J connectivity index is 0.00000392. The molecule has 2 rings (SSSR count). The zero-order chi connectivity index (χ0) is 19.9. The van der Waals surface area contributed by atoms with Gasteiger partial charge in [-0.05, 0) is 44.0 Å². The third kappa shape index (κ3) is 7.27. The Labute approximate surface area is 188 Å². The number of nitrogens with zero attached hydrogens (tertiary/aromatic N) is 1. The molecule has 1 saturated carbocycles. The maximum Gasteiger partial charge on any atom is 0.240 e. The van der Waals surface area contributed by atoms with E-state index < -0.39 is 20.8 Å². The van der Waals surface area contributed by atoms with E-state index in [1.807, 2.05) is 6.92 Å². The van der Waals surface area contributed by atoms with Crippen LogP contribution in [0.3, 0.4) is 0 Å². The maximum absolute atomic E-state index is 12.1. The van der Waals surface area contributed by atoms with E-state index in [0.29, 0.717) is 18.3 Å². The largest absolute Gasteiger partial charge is 0.354 e. The predicted molar refractivity (Wildman–Crippen MR) is 126 cm³/mol. The molecule has 0 radical (unpaired) electrons. The fraction of sp³-hybridized carbons (Fsp3) is 0.611. The standard InChI is InChI=1S/C18H30N4O3S2.HI/c1-4-26(23)16-7-5-6-15(12-16)22-18(19-2)21-13-14-8-10-17(11-9-14)27(24,25)20-3;/h8-11,15-16,20H,4-7,12-13H2,1-3H3,(H2,19,21,22);1H. The van der Waals surface area contributed by atoms with Gasteiger partial charge < -0.3 is 10.6 Å². The van der Waals surface area contributed by atoms with E-state index in [9.17, 15) is 12.6 Å². The van der Waals surface area contributed by atoms with Crippen molar-refractivity contribution in [3.63, 3.8) is 0 Å². The monoisotopic (exact) mass is 542 g/mol. The average Bonchev–Trinajstić information content (AvgIpc) is 2.70. The van der Waals surface area contributed by atoms with Gasteiger partial charge in [-0.1, -0.05) is 25.5 Å². The first-order chi connectivity index (χ1) is 12.9. The van der Waals surface area contributed by atoms with E-state index in [0.717, 1.165) is 31.2 Å². The van der Waals surface area contributed by atoms with Gasteiger partial charge in [0.1, 0.15) is 0 Å². The molecule has 0 amide bonds. The second-order valence-corrected chi connectivity index (χ2v) is 10.5. The molecule has 0 aromatic heterocycles. The molecule has 3 unspecified atom stereocenters. The first kappa shape index (κ1) is 25.3. The summed E-state index contributed by atoms with van der Waals surface area (Å²) in [6, 6.07) is 7.01. The minimum Gasteiger partial charge on any atom is -0.354 e. The van der Waals surface area contributed by atoms with E-state index in [4.69, 9.17) is 0 Å². The Hall–Kier alpha value is -0.720. The molecule has 28 heavy (non-hydrogen) atoms. The van der Waals surface area contributed by atoms with Gasteiger partial charge in [0.2, 0.25) is 10.0 Å². The molecule has 0 spiro atoms. The van der Waals surface area contributed by atoms with Crippen LogP contribution in [0.15, 0.2) is 34.2 Å². The van der Waals surface area contributed by atoms with Crippen LogP contribution >= 0.6 is 24.0 Å². The molecule has 10 heteroatoms. The van der Waals surface area contributed by atoms with Crippen molar-refractivity contribution >= 4 is 50.8 Å². The molecule has 0 saturated heterocycles. The first-order valence-corrected chi connectivity index (χ1v) is 12.1. The lowest BCUT2D eigenvalue weighted by Gasteiger charge is -2.30. The Kier molecular flexibility index (Phi) is 10.9. The lowest BCUT2D eigenvalue weighted by molar-refractivity contribution is 0.413. The average molecular weight is 543 g/mol. The van der Waals surface area contributed by atoms with Crippen LogP contribution in [0.5, 0.6) is 0 Å². The molecule has 1 aliphatic carbocycles. The number of nitrogens with one attached hydrogen (secondary N) is 3. The van der Waals surface area contributed by atoms with Crippen molar-refractivity contribution in [1.82, 2.24) is 15.4 Å². The SMILES string of the molecule is CCS(=O)C1CCCC(NC(=NC)NCc2ccc(S(=O)(=O)NC)cc2)C1.I. The summed E-state index contributed by atoms with van der Waals surface area (Å²) in [4.78, 5) is 4.51. The van der Waals surface area contributed by atoms with Crippen molar-refractivity contribution < 1.29 is 12.6 Å². The third-order valence-electron chi connectivity index (χ3n) is 4.81. The van der Waals surface area contributed by atoms with Gasteiger partial charge in [-0.25, -0.2) is 13.1 Å². The Morgan fingerprint density at radius 3 is 2.50 bits per heavy atom. The predicted octanol–water partition coefficient (Wildman–Crippen LogP) is 1.96. The number of halogens is 1. The first-order valence-electron chi connectivity index (χ1n) is 9.26. The molecular weight excluding hydrogens is 511 g/mol. The molecule has 3 N–H and O–H groups in total. The molecule has 160 valence electrons. The Bertz CT molecular complexity index is 770. The quantitative estimate of drug-likeness (QED) is 0.278. The second kappa shape index (κ2) is 12.1. The van der Waals surface area contributed by atoms with Gasteiger partial charge in [-0.15, -0.1) is 24.0 Å². The van der Waals surface area contributed by atoms with Crippen molar-refractivity contribution in [3.8, 4) is 0 Å². The summed E-state index contributed by atoms with van der Waals surface area (Å²) in [5, 5.41) is 6.95. The smallest absolute Gasteiger partial charge is 0.240 e. The van der Waals surface area contributed by atoms with Crippen LogP contribution in [-0.2, 0) is 27.4 Å². The highest BCUT2D eigenvalue weighted by molar-refractivity contribution is 14.0. The van der Waals surface area contributed by atoms with Gasteiger partial charge >= 0.3 is 0 Å². The normalized spacial score (nSPS) is 21.5. The van der Waals surface area contributed by atoms with Gasteiger partial charge in [-0.3, -0.25) is 9.20 Å². The van der Waals surface area contributed by atoms with Crippen molar-refractivity contribution in [1.29, 1.82) is 0 Å². The lowest BCUT2D eigenvalue weighted by atomic mass is 9.95. The van der Waals surface area contributed by atoms with E-state index in [2.05, 4.69) is 20.3 Å². The molecular formula is C18H31IN4O3S2. The highest BCUT2D eigenvalue weighted by Crippen LogP contribution is 2.23. The highest BCUT2D eigenvalue weighted by Gasteiger charge is 2.26. The number of guanidine groups is 1. The number of benzene rings is 1. The topological polar surface area (TPSA) is 99.7 Å². The highest BCUT2D eigenvalue weighted by atomic mass is 127. The number of rotatable bonds is 7. The molecule has 1 aromatic carbocycles.